The van der Waals surface area contributed by atoms with Crippen LogP contribution in [0.3, 0.4) is 0 Å². The summed E-state index contributed by atoms with van der Waals surface area (Å²) in [7, 11) is 0. The fourth-order valence-corrected chi connectivity index (χ4v) is 0.773. The molecule has 1 N–H and O–H groups in total. The molecule has 15 heavy (non-hydrogen) atoms. The van der Waals surface area contributed by atoms with Crippen molar-refractivity contribution in [3.05, 3.63) is 44.5 Å². The molecule has 1 aromatic carbocycles. The van der Waals surface area contributed by atoms with Crippen molar-refractivity contribution in [2.24, 2.45) is 0 Å². The van der Waals surface area contributed by atoms with Crippen LogP contribution in [0.5, 0.6) is 0 Å². The highest BCUT2D eigenvalue weighted by Crippen LogP contribution is 2.24. The average Bonchev–Trinajstić information content (AvgIpc) is 2.19. The molecule has 7 heteroatoms. The predicted octanol–water partition coefficient (Wildman–Crippen LogP) is 1.50. The zero-order valence-corrected chi connectivity index (χ0v) is 7.99. The molecule has 0 bridgehead atoms. The van der Waals surface area contributed by atoms with Gasteiger partial charge >= 0.3 is 11.4 Å². The lowest BCUT2D eigenvalue weighted by molar-refractivity contribution is -0.422. The van der Waals surface area contributed by atoms with E-state index in [0.717, 1.165) is 12.1 Å². The van der Waals surface area contributed by atoms with Crippen molar-refractivity contribution in [3.8, 4) is 0 Å². The van der Waals surface area contributed by atoms with Crippen LogP contribution < -0.4 is 0 Å². The maximum atomic E-state index is 10.2. The third-order valence-corrected chi connectivity index (χ3v) is 1.28. The third-order valence-electron chi connectivity index (χ3n) is 1.28. The number of nitrogens with zero attached hydrogens (tertiary/aromatic N) is 2. The van der Waals surface area contributed by atoms with Gasteiger partial charge in [-0.2, -0.15) is 0 Å². The van der Waals surface area contributed by atoms with E-state index in [1.165, 1.54) is 12.1 Å². The lowest BCUT2D eigenvalue weighted by atomic mass is 10.3. The van der Waals surface area contributed by atoms with Gasteiger partial charge in [-0.05, 0) is 6.92 Å². The molecule has 0 saturated carbocycles. The summed E-state index contributed by atoms with van der Waals surface area (Å²) < 4.78 is 0. The van der Waals surface area contributed by atoms with Crippen molar-refractivity contribution < 1.29 is 15.0 Å². The molecule has 0 fully saturated rings. The van der Waals surface area contributed by atoms with Crippen LogP contribution in [0.1, 0.15) is 6.92 Å². The van der Waals surface area contributed by atoms with Crippen LogP contribution in [0.25, 0.3) is 0 Å². The molecule has 7 nitrogen and oxygen atoms in total. The second kappa shape index (κ2) is 6.44. The zero-order chi connectivity index (χ0) is 11.8. The number of hydrogen-bond acceptors (Lipinski definition) is 5. The minimum absolute atomic E-state index is 0.250. The van der Waals surface area contributed by atoms with Crippen LogP contribution in [-0.4, -0.2) is 21.6 Å². The van der Waals surface area contributed by atoms with Gasteiger partial charge in [0.1, 0.15) is 0 Å². The molecule has 0 saturated heterocycles. The van der Waals surface area contributed by atoms with Crippen molar-refractivity contribution in [2.75, 3.05) is 6.61 Å². The van der Waals surface area contributed by atoms with E-state index in [2.05, 4.69) is 0 Å². The number of aliphatic hydroxyl groups excluding tert-OH is 1. The summed E-state index contributed by atoms with van der Waals surface area (Å²) in [6.07, 6.45) is 0. The number of nitro groups is 2. The van der Waals surface area contributed by atoms with Gasteiger partial charge in [0.05, 0.1) is 9.85 Å². The Morgan fingerprint density at radius 1 is 1.13 bits per heavy atom. The summed E-state index contributed by atoms with van der Waals surface area (Å²) in [4.78, 5) is 18.9. The molecule has 82 valence electrons. The molecule has 1 rings (SSSR count). The van der Waals surface area contributed by atoms with Crippen LogP contribution in [-0.2, 0) is 0 Å². The molecule has 0 atom stereocenters. The number of hydrogen-bond donors (Lipinski definition) is 1. The molecule has 0 aliphatic carbocycles. The number of rotatable bonds is 2. The molecule has 0 aromatic heterocycles. The SMILES string of the molecule is CCO.O=[N+]([O-])c1ccccc1[N+](=O)[O-]. The van der Waals surface area contributed by atoms with Gasteiger partial charge in [-0.15, -0.1) is 0 Å². The quantitative estimate of drug-likeness (QED) is 0.593. The molecular formula is C8H10N2O5. The fourth-order valence-electron chi connectivity index (χ4n) is 0.773. The van der Waals surface area contributed by atoms with Gasteiger partial charge in [0.15, 0.2) is 0 Å². The zero-order valence-electron chi connectivity index (χ0n) is 7.99. The smallest absolute Gasteiger partial charge is 0.346 e. The highest BCUT2D eigenvalue weighted by molar-refractivity contribution is 5.51. The van der Waals surface area contributed by atoms with Crippen molar-refractivity contribution in [2.45, 2.75) is 6.92 Å². The Morgan fingerprint density at radius 2 is 1.40 bits per heavy atom. The molecule has 0 spiro atoms. The molecule has 0 radical (unpaired) electrons. The van der Waals surface area contributed by atoms with Gasteiger partial charge in [-0.25, -0.2) is 0 Å². The molecule has 0 aliphatic heterocycles. The number of aliphatic hydroxyl groups is 1. The first kappa shape index (κ1) is 13.0. The number of para-hydroxylation sites is 2. The van der Waals surface area contributed by atoms with E-state index in [1.807, 2.05) is 0 Å². The van der Waals surface area contributed by atoms with Gasteiger partial charge in [-0.3, -0.25) is 20.2 Å². The molecular weight excluding hydrogens is 204 g/mol. The molecule has 0 heterocycles. The second-order valence-electron chi connectivity index (χ2n) is 2.32. The standard InChI is InChI=1S/C6H4N2O4.C2H6O/c9-7(10)5-3-1-2-4-6(5)8(11)12;1-2-3/h1-4H;3H,2H2,1H3. The van der Waals surface area contributed by atoms with Crippen LogP contribution in [0.2, 0.25) is 0 Å². The first-order valence-electron chi connectivity index (χ1n) is 4.03. The van der Waals surface area contributed by atoms with Crippen LogP contribution in [0.4, 0.5) is 11.4 Å². The molecule has 0 unspecified atom stereocenters. The summed E-state index contributed by atoms with van der Waals surface area (Å²) in [5.41, 5.74) is -0.968. The van der Waals surface area contributed by atoms with E-state index in [-0.39, 0.29) is 6.61 Å². The predicted molar refractivity (Wildman–Crippen MR) is 52.5 cm³/mol. The molecule has 0 amide bonds. The first-order chi connectivity index (χ1) is 7.04. The van der Waals surface area contributed by atoms with E-state index in [1.54, 1.807) is 6.92 Å². The third kappa shape index (κ3) is 4.14. The Balaban J connectivity index is 0.000000583. The summed E-state index contributed by atoms with van der Waals surface area (Å²) >= 11 is 0. The Morgan fingerprint density at radius 3 is 1.60 bits per heavy atom. The van der Waals surface area contributed by atoms with Gasteiger partial charge in [0.2, 0.25) is 0 Å². The van der Waals surface area contributed by atoms with Gasteiger partial charge in [0.25, 0.3) is 0 Å². The van der Waals surface area contributed by atoms with E-state index in [0.29, 0.717) is 0 Å². The van der Waals surface area contributed by atoms with Gasteiger partial charge in [0, 0.05) is 18.7 Å². The second-order valence-corrected chi connectivity index (χ2v) is 2.32. The van der Waals surface area contributed by atoms with Crippen molar-refractivity contribution in [1.82, 2.24) is 0 Å². The van der Waals surface area contributed by atoms with Crippen molar-refractivity contribution >= 4 is 11.4 Å². The summed E-state index contributed by atoms with van der Waals surface area (Å²) in [6.45, 7) is 1.93. The number of benzene rings is 1. The fraction of sp³-hybridized carbons (Fsp3) is 0.250. The Labute approximate surface area is 85.3 Å². The summed E-state index contributed by atoms with van der Waals surface area (Å²) in [6, 6.07) is 4.95. The Kier molecular flexibility index (Phi) is 5.57. The Bertz CT molecular complexity index is 320. The van der Waals surface area contributed by atoms with Crippen molar-refractivity contribution in [1.29, 1.82) is 0 Å². The highest BCUT2D eigenvalue weighted by Gasteiger charge is 2.21. The maximum Gasteiger partial charge on any atom is 0.346 e. The average molecular weight is 214 g/mol. The maximum absolute atomic E-state index is 10.2. The minimum Gasteiger partial charge on any atom is -0.397 e. The van der Waals surface area contributed by atoms with Crippen LogP contribution >= 0.6 is 0 Å². The highest BCUT2D eigenvalue weighted by atomic mass is 16.6. The normalized spacial score (nSPS) is 8.67. The molecule has 1 aromatic rings. The van der Waals surface area contributed by atoms with E-state index in [9.17, 15) is 20.2 Å². The van der Waals surface area contributed by atoms with E-state index in [4.69, 9.17) is 5.11 Å². The first-order valence-corrected chi connectivity index (χ1v) is 4.03. The van der Waals surface area contributed by atoms with E-state index < -0.39 is 21.2 Å². The van der Waals surface area contributed by atoms with Crippen LogP contribution in [0, 0.1) is 20.2 Å². The molecule has 0 aliphatic rings. The monoisotopic (exact) mass is 214 g/mol. The lowest BCUT2D eigenvalue weighted by Crippen LogP contribution is -1.95. The number of nitro benzene ring substituents is 2. The minimum atomic E-state index is -0.780. The van der Waals surface area contributed by atoms with Crippen molar-refractivity contribution in [3.63, 3.8) is 0 Å². The summed E-state index contributed by atoms with van der Waals surface area (Å²) in [5, 5.41) is 28.0. The van der Waals surface area contributed by atoms with Gasteiger partial charge in [-0.1, -0.05) is 12.1 Å². The lowest BCUT2D eigenvalue weighted by Gasteiger charge is -1.91. The topological polar surface area (TPSA) is 107 Å². The van der Waals surface area contributed by atoms with Crippen LogP contribution in [0.15, 0.2) is 24.3 Å². The van der Waals surface area contributed by atoms with E-state index >= 15 is 0 Å². The van der Waals surface area contributed by atoms with Gasteiger partial charge < -0.3 is 5.11 Å². The largest absolute Gasteiger partial charge is 0.397 e. The Hall–Kier alpha value is -2.02. The summed E-state index contributed by atoms with van der Waals surface area (Å²) in [5.74, 6) is 0.